The molecule has 329 valence electrons. The molecule has 8 aromatic carbocycles. The normalized spacial score (nSPS) is 11.8. The van der Waals surface area contributed by atoms with Gasteiger partial charge in [-0.05, 0) is 92.0 Å². The molecule has 0 aliphatic carbocycles. The maximum atomic E-state index is 12.8. The minimum Gasteiger partial charge on any atom is 0 e. The minimum absolute atomic E-state index is 0. The predicted molar refractivity (Wildman–Crippen MR) is 273 cm³/mol. The van der Waals surface area contributed by atoms with E-state index in [4.69, 9.17) is 9.40 Å². The van der Waals surface area contributed by atoms with E-state index in [0.29, 0.717) is 0 Å². The molecule has 0 saturated carbocycles. The number of hydrogen-bond donors (Lipinski definition) is 0. The molecule has 66 heavy (non-hydrogen) atoms. The van der Waals surface area contributed by atoms with Gasteiger partial charge in [0.25, 0.3) is 0 Å². The van der Waals surface area contributed by atoms with Crippen molar-refractivity contribution in [1.29, 1.82) is 0 Å². The fraction of sp³-hybridized carbons (Fsp3) is 0.153. The first-order chi connectivity index (χ1) is 31.4. The van der Waals surface area contributed by atoms with Crippen LogP contribution < -0.4 is 4.40 Å². The van der Waals surface area contributed by atoms with Crippen LogP contribution in [0.2, 0.25) is 17.3 Å². The fourth-order valence-electron chi connectivity index (χ4n) is 9.01. The Kier molecular flexibility index (Phi) is 12.4. The van der Waals surface area contributed by atoms with Crippen LogP contribution in [0.3, 0.4) is 0 Å². The monoisotopic (exact) mass is 1100 g/mol. The van der Waals surface area contributed by atoms with Crippen LogP contribution in [0.1, 0.15) is 50.7 Å². The molecular weight excluding hydrogens is 1050 g/mol. The first-order valence-corrected chi connectivity index (χ1v) is 29.8. The summed E-state index contributed by atoms with van der Waals surface area (Å²) in [5.41, 5.74) is 12.5. The standard InChI is InChI=1S/C45H35N2O.C14H15FGeN.Ir/c1-27(2)36-24-32(29-13-6-5-7-14-29)25-37(28(3)4)43(36)47-41-20-11-10-19-40(41)46-45(47)35-18-12-17-34-39-23-31-22-21-30-15-8-9-16-33(30)38(31)26-42(39)48-44(34)35;1-16(2,3)13-8-9-14(17-10-13)11-4-6-12(15)7-5-11;/h5-17,19-28H,1-4H3;4,6-10H,1-3H3;/q2*-1;. The van der Waals surface area contributed by atoms with Gasteiger partial charge in [-0.3, -0.25) is 4.98 Å². The number of pyridine rings is 1. The van der Waals surface area contributed by atoms with Crippen LogP contribution in [0.25, 0.3) is 94.0 Å². The zero-order valence-corrected chi connectivity index (χ0v) is 42.7. The third-order valence-corrected chi connectivity index (χ3v) is 16.8. The number of benzene rings is 8. The number of nitrogens with zero attached hydrogens (tertiary/aromatic N) is 3. The maximum Gasteiger partial charge on any atom is 0 e. The molecule has 0 bridgehead atoms. The van der Waals surface area contributed by atoms with Crippen LogP contribution in [0.15, 0.2) is 168 Å². The molecule has 0 fully saturated rings. The van der Waals surface area contributed by atoms with Gasteiger partial charge in [-0.2, -0.15) is 0 Å². The zero-order chi connectivity index (χ0) is 45.0. The summed E-state index contributed by atoms with van der Waals surface area (Å²) in [6.07, 6.45) is 1.95. The summed E-state index contributed by atoms with van der Waals surface area (Å²) in [4.78, 5) is 9.77. The van der Waals surface area contributed by atoms with Crippen LogP contribution in [0.4, 0.5) is 4.39 Å². The molecule has 0 saturated heterocycles. The Morgan fingerprint density at radius 2 is 1.35 bits per heavy atom. The Morgan fingerprint density at radius 3 is 2.05 bits per heavy atom. The van der Waals surface area contributed by atoms with E-state index < -0.39 is 13.3 Å². The second kappa shape index (κ2) is 18.2. The molecule has 11 rings (SSSR count). The zero-order valence-electron chi connectivity index (χ0n) is 38.2. The largest absolute Gasteiger partial charge is 0 e. The van der Waals surface area contributed by atoms with Gasteiger partial charge in [0.2, 0.25) is 0 Å². The summed E-state index contributed by atoms with van der Waals surface area (Å²) < 4.78 is 23.4. The van der Waals surface area contributed by atoms with E-state index in [1.807, 2.05) is 18.3 Å². The molecule has 0 atom stereocenters. The van der Waals surface area contributed by atoms with E-state index >= 15 is 0 Å². The Balaban J connectivity index is 0.000000257. The van der Waals surface area contributed by atoms with Gasteiger partial charge in [0, 0.05) is 31.2 Å². The molecule has 0 aliphatic rings. The molecule has 11 aromatic rings. The van der Waals surface area contributed by atoms with Gasteiger partial charge in [-0.25, -0.2) is 0 Å². The smallest absolute Gasteiger partial charge is 0 e. The summed E-state index contributed by atoms with van der Waals surface area (Å²) in [6.45, 7) is 9.15. The van der Waals surface area contributed by atoms with E-state index in [2.05, 4.69) is 194 Å². The molecule has 3 aromatic heterocycles. The van der Waals surface area contributed by atoms with Crippen LogP contribution in [0.5, 0.6) is 0 Å². The fourth-order valence-corrected chi connectivity index (χ4v) is 11.2. The minimum atomic E-state index is -1.79. The Labute approximate surface area is 402 Å². The van der Waals surface area contributed by atoms with Crippen molar-refractivity contribution >= 4 is 72.2 Å². The van der Waals surface area contributed by atoms with E-state index in [9.17, 15) is 4.39 Å². The quantitative estimate of drug-likeness (QED) is 0.0907. The van der Waals surface area contributed by atoms with Gasteiger partial charge in [-0.15, -0.1) is 18.2 Å². The molecule has 7 heteroatoms. The van der Waals surface area contributed by atoms with Crippen LogP contribution in [-0.4, -0.2) is 27.8 Å². The number of furan rings is 1. The van der Waals surface area contributed by atoms with Gasteiger partial charge in [0.1, 0.15) is 5.58 Å². The number of rotatable bonds is 7. The Morgan fingerprint density at radius 1 is 0.636 bits per heavy atom. The molecular formula is C59H50FGeIrN3O-2. The topological polar surface area (TPSA) is 43.9 Å². The molecule has 0 unspecified atom stereocenters. The van der Waals surface area contributed by atoms with Crippen molar-refractivity contribution in [2.24, 2.45) is 0 Å². The number of para-hydroxylation sites is 2. The van der Waals surface area contributed by atoms with Crippen LogP contribution in [-0.2, 0) is 20.1 Å². The van der Waals surface area contributed by atoms with Crippen molar-refractivity contribution in [3.05, 3.63) is 193 Å². The van der Waals surface area contributed by atoms with Gasteiger partial charge < -0.3 is 8.98 Å². The first kappa shape index (κ1) is 45.0. The third-order valence-electron chi connectivity index (χ3n) is 12.5. The summed E-state index contributed by atoms with van der Waals surface area (Å²) >= 11 is -1.79. The molecule has 0 amide bonds. The molecule has 4 nitrogen and oxygen atoms in total. The van der Waals surface area contributed by atoms with Crippen molar-refractivity contribution in [3.63, 3.8) is 0 Å². The molecule has 0 N–H and O–H groups in total. The summed E-state index contributed by atoms with van der Waals surface area (Å²) in [7, 11) is 0. The van der Waals surface area contributed by atoms with E-state index in [0.717, 1.165) is 55.6 Å². The number of fused-ring (bicyclic) bond motifs is 7. The van der Waals surface area contributed by atoms with Crippen molar-refractivity contribution in [1.82, 2.24) is 14.5 Å². The molecule has 0 spiro atoms. The Bertz CT molecular complexity index is 3500. The predicted octanol–water partition coefficient (Wildman–Crippen LogP) is 15.8. The average Bonchev–Trinajstić information content (AvgIpc) is 3.89. The van der Waals surface area contributed by atoms with Crippen LogP contribution >= 0.6 is 0 Å². The number of halogens is 1. The average molecular weight is 1100 g/mol. The second-order valence-electron chi connectivity index (χ2n) is 18.6. The molecule has 0 aliphatic heterocycles. The van der Waals surface area contributed by atoms with Gasteiger partial charge >= 0.3 is 104 Å². The molecule has 3 heterocycles. The van der Waals surface area contributed by atoms with E-state index in [-0.39, 0.29) is 37.8 Å². The number of imidazole rings is 1. The summed E-state index contributed by atoms with van der Waals surface area (Å²) in [6, 6.07) is 60.6. The summed E-state index contributed by atoms with van der Waals surface area (Å²) in [5, 5.41) is 7.02. The second-order valence-corrected chi connectivity index (χ2v) is 29.2. The summed E-state index contributed by atoms with van der Waals surface area (Å²) in [5.74, 6) is 8.14. The maximum absolute atomic E-state index is 12.8. The first-order valence-electron chi connectivity index (χ1n) is 22.5. The van der Waals surface area contributed by atoms with Gasteiger partial charge in [0.15, 0.2) is 0 Å². The SMILES string of the molecule is CC(C)c1cc(-c2ccccc2)cc(C(C)C)c1-n1c(-c2[c-]ccc3c2oc2cc4c(ccc5ccccc54)cc23)nc2ccccc21.[CH3][Ge]([CH3])([CH3])[c]1ccc(-c2[c-]cc(F)cc2)nc1.[Ir]. The number of aromatic nitrogens is 3. The van der Waals surface area contributed by atoms with Crippen molar-refractivity contribution in [3.8, 4) is 39.5 Å². The van der Waals surface area contributed by atoms with Crippen molar-refractivity contribution in [2.75, 3.05) is 0 Å². The van der Waals surface area contributed by atoms with Gasteiger partial charge in [-0.1, -0.05) is 118 Å². The molecule has 1 radical (unpaired) electrons. The van der Waals surface area contributed by atoms with E-state index in [1.165, 1.54) is 66.0 Å². The third kappa shape index (κ3) is 8.43. The van der Waals surface area contributed by atoms with E-state index in [1.54, 1.807) is 6.07 Å². The van der Waals surface area contributed by atoms with Gasteiger partial charge in [0.05, 0.1) is 22.4 Å². The van der Waals surface area contributed by atoms with Crippen LogP contribution in [0, 0.1) is 17.9 Å². The Hall–Kier alpha value is -6.18. The van der Waals surface area contributed by atoms with Crippen molar-refractivity contribution in [2.45, 2.75) is 56.8 Å². The van der Waals surface area contributed by atoms with Crippen molar-refractivity contribution < 1.29 is 28.9 Å². The number of hydrogen-bond acceptors (Lipinski definition) is 3.